The van der Waals surface area contributed by atoms with Crippen LogP contribution >= 0.6 is 0 Å². The van der Waals surface area contributed by atoms with Gasteiger partial charge >= 0.3 is 0 Å². The van der Waals surface area contributed by atoms with Gasteiger partial charge in [-0.25, -0.2) is 0 Å². The molecule has 1 aromatic carbocycles. The maximum Gasteiger partial charge on any atom is 0.191 e. The second-order valence-corrected chi connectivity index (χ2v) is 5.54. The average Bonchev–Trinajstić information content (AvgIpc) is 2.50. The molecule has 1 heterocycles. The van der Waals surface area contributed by atoms with E-state index < -0.39 is 0 Å². The highest BCUT2D eigenvalue weighted by molar-refractivity contribution is 5.79. The van der Waals surface area contributed by atoms with Crippen molar-refractivity contribution in [2.75, 3.05) is 33.7 Å². The molecule has 0 atom stereocenters. The van der Waals surface area contributed by atoms with Crippen LogP contribution in [0.5, 0.6) is 0 Å². The predicted molar refractivity (Wildman–Crippen MR) is 84.9 cm³/mol. The van der Waals surface area contributed by atoms with E-state index in [1.807, 2.05) is 13.1 Å². The molecule has 1 aliphatic heterocycles. The number of hydrogen-bond donors (Lipinski definition) is 2. The molecule has 1 saturated heterocycles. The highest BCUT2D eigenvalue weighted by Crippen LogP contribution is 2.14. The summed E-state index contributed by atoms with van der Waals surface area (Å²) in [6.45, 7) is 4.25. The van der Waals surface area contributed by atoms with Crippen molar-refractivity contribution < 1.29 is 0 Å². The summed E-state index contributed by atoms with van der Waals surface area (Å²) < 4.78 is 0. The number of rotatable bonds is 4. The monoisotopic (exact) mass is 274 g/mol. The van der Waals surface area contributed by atoms with Gasteiger partial charge in [-0.15, -0.1) is 0 Å². The molecule has 4 heteroatoms. The van der Waals surface area contributed by atoms with Crippen LogP contribution in [0.15, 0.2) is 35.3 Å². The highest BCUT2D eigenvalue weighted by Gasteiger charge is 2.16. The fraction of sp³-hybridized carbons (Fsp3) is 0.562. The number of benzene rings is 1. The van der Waals surface area contributed by atoms with Gasteiger partial charge < -0.3 is 15.5 Å². The number of nitrogens with zero attached hydrogens (tertiary/aromatic N) is 2. The third kappa shape index (κ3) is 4.85. The van der Waals surface area contributed by atoms with Crippen molar-refractivity contribution in [1.29, 1.82) is 0 Å². The van der Waals surface area contributed by atoms with Crippen LogP contribution in [0, 0.1) is 5.92 Å². The minimum Gasteiger partial charge on any atom is -0.356 e. The Hall–Kier alpha value is -1.55. The fourth-order valence-corrected chi connectivity index (χ4v) is 2.51. The molecule has 2 N–H and O–H groups in total. The van der Waals surface area contributed by atoms with Gasteiger partial charge in [0.15, 0.2) is 5.96 Å². The second-order valence-electron chi connectivity index (χ2n) is 5.54. The fourth-order valence-electron chi connectivity index (χ4n) is 2.51. The maximum absolute atomic E-state index is 4.29. The van der Waals surface area contributed by atoms with Crippen LogP contribution in [0.25, 0.3) is 0 Å². The average molecular weight is 274 g/mol. The number of aliphatic imine (C=N–C) groups is 1. The van der Waals surface area contributed by atoms with Crippen molar-refractivity contribution in [1.82, 2.24) is 15.5 Å². The van der Waals surface area contributed by atoms with Crippen molar-refractivity contribution in [2.45, 2.75) is 19.4 Å². The number of hydrogen-bond acceptors (Lipinski definition) is 2. The zero-order valence-electron chi connectivity index (χ0n) is 12.6. The number of guanidine groups is 1. The zero-order chi connectivity index (χ0) is 14.2. The molecule has 0 radical (unpaired) electrons. The molecule has 0 spiro atoms. The molecule has 0 aliphatic carbocycles. The minimum absolute atomic E-state index is 0.765. The van der Waals surface area contributed by atoms with E-state index in [4.69, 9.17) is 0 Å². The molecule has 1 fully saturated rings. The molecule has 1 aliphatic rings. The summed E-state index contributed by atoms with van der Waals surface area (Å²) in [5.41, 5.74) is 1.27. The summed E-state index contributed by atoms with van der Waals surface area (Å²) in [7, 11) is 4.03. The van der Waals surface area contributed by atoms with Crippen LogP contribution in [-0.2, 0) is 6.54 Å². The van der Waals surface area contributed by atoms with Gasteiger partial charge in [-0.1, -0.05) is 30.3 Å². The van der Waals surface area contributed by atoms with Crippen molar-refractivity contribution in [3.8, 4) is 0 Å². The first-order valence-corrected chi connectivity index (χ1v) is 7.45. The van der Waals surface area contributed by atoms with Crippen LogP contribution in [0.1, 0.15) is 18.4 Å². The summed E-state index contributed by atoms with van der Waals surface area (Å²) in [4.78, 5) is 6.69. The Kier molecular flexibility index (Phi) is 5.87. The summed E-state index contributed by atoms with van der Waals surface area (Å²) in [5.74, 6) is 1.66. The third-order valence-corrected chi connectivity index (χ3v) is 3.92. The number of nitrogens with one attached hydrogen (secondary N) is 2. The van der Waals surface area contributed by atoms with E-state index in [9.17, 15) is 0 Å². The summed E-state index contributed by atoms with van der Waals surface area (Å²) >= 11 is 0. The van der Waals surface area contributed by atoms with Gasteiger partial charge in [-0.2, -0.15) is 0 Å². The van der Waals surface area contributed by atoms with Gasteiger partial charge in [0.05, 0.1) is 0 Å². The van der Waals surface area contributed by atoms with Gasteiger partial charge in [-0.3, -0.25) is 4.99 Å². The summed E-state index contributed by atoms with van der Waals surface area (Å²) in [6, 6.07) is 10.4. The Balaban J connectivity index is 1.70. The first kappa shape index (κ1) is 14.9. The first-order chi connectivity index (χ1) is 9.78. The minimum atomic E-state index is 0.765. The van der Waals surface area contributed by atoms with Crippen LogP contribution in [0.2, 0.25) is 0 Å². The van der Waals surface area contributed by atoms with Gasteiger partial charge in [0, 0.05) is 20.1 Å². The zero-order valence-corrected chi connectivity index (χ0v) is 12.6. The molecule has 0 unspecified atom stereocenters. The smallest absolute Gasteiger partial charge is 0.191 e. The summed E-state index contributed by atoms with van der Waals surface area (Å²) in [6.07, 6.45) is 2.55. The lowest BCUT2D eigenvalue weighted by molar-refractivity contribution is 0.220. The first-order valence-electron chi connectivity index (χ1n) is 7.45. The Labute approximate surface area is 122 Å². The SMILES string of the molecule is CN=C(NCc1ccccc1)NCC1CCN(C)CC1. The Morgan fingerprint density at radius 2 is 1.90 bits per heavy atom. The summed E-state index contributed by atoms with van der Waals surface area (Å²) in [5, 5.41) is 6.81. The van der Waals surface area contributed by atoms with Gasteiger partial charge in [0.2, 0.25) is 0 Å². The van der Waals surface area contributed by atoms with E-state index in [2.05, 4.69) is 51.8 Å². The highest BCUT2D eigenvalue weighted by atomic mass is 15.2. The third-order valence-electron chi connectivity index (χ3n) is 3.92. The number of piperidine rings is 1. The van der Waals surface area contributed by atoms with Crippen molar-refractivity contribution in [2.24, 2.45) is 10.9 Å². The largest absolute Gasteiger partial charge is 0.356 e. The van der Waals surface area contributed by atoms with Crippen molar-refractivity contribution in [3.63, 3.8) is 0 Å². The standard InChI is InChI=1S/C16H26N4/c1-17-16(18-12-14-6-4-3-5-7-14)19-13-15-8-10-20(2)11-9-15/h3-7,15H,8-13H2,1-2H3,(H2,17,18,19). The van der Waals surface area contributed by atoms with Gasteiger partial charge in [-0.05, 0) is 44.5 Å². The maximum atomic E-state index is 4.29. The Morgan fingerprint density at radius 3 is 2.55 bits per heavy atom. The molecule has 0 bridgehead atoms. The Morgan fingerprint density at radius 1 is 1.20 bits per heavy atom. The quantitative estimate of drug-likeness (QED) is 0.648. The van der Waals surface area contributed by atoms with E-state index in [-0.39, 0.29) is 0 Å². The van der Waals surface area contributed by atoms with Crippen LogP contribution in [0.4, 0.5) is 0 Å². The van der Waals surface area contributed by atoms with Crippen molar-refractivity contribution in [3.05, 3.63) is 35.9 Å². The van der Waals surface area contributed by atoms with E-state index in [1.165, 1.54) is 31.5 Å². The van der Waals surface area contributed by atoms with Crippen LogP contribution in [-0.4, -0.2) is 44.6 Å². The lowest BCUT2D eigenvalue weighted by atomic mass is 9.97. The van der Waals surface area contributed by atoms with Gasteiger partial charge in [0.1, 0.15) is 0 Å². The molecule has 4 nitrogen and oxygen atoms in total. The van der Waals surface area contributed by atoms with Crippen molar-refractivity contribution >= 4 is 5.96 Å². The van der Waals surface area contributed by atoms with E-state index in [0.717, 1.165) is 25.0 Å². The molecule has 110 valence electrons. The van der Waals surface area contributed by atoms with Gasteiger partial charge in [0.25, 0.3) is 0 Å². The molecule has 0 aromatic heterocycles. The number of likely N-dealkylation sites (tertiary alicyclic amines) is 1. The molecule has 0 saturated carbocycles. The van der Waals surface area contributed by atoms with E-state index >= 15 is 0 Å². The van der Waals surface area contributed by atoms with E-state index in [1.54, 1.807) is 0 Å². The van der Waals surface area contributed by atoms with Crippen LogP contribution < -0.4 is 10.6 Å². The molecular weight excluding hydrogens is 248 g/mol. The van der Waals surface area contributed by atoms with Crippen LogP contribution in [0.3, 0.4) is 0 Å². The Bertz CT molecular complexity index is 408. The molecule has 2 rings (SSSR count). The molecule has 1 aromatic rings. The lowest BCUT2D eigenvalue weighted by Gasteiger charge is -2.29. The molecule has 20 heavy (non-hydrogen) atoms. The topological polar surface area (TPSA) is 39.7 Å². The molecule has 0 amide bonds. The second kappa shape index (κ2) is 7.90. The normalized spacial score (nSPS) is 18.0. The molecular formula is C16H26N4. The van der Waals surface area contributed by atoms with E-state index in [0.29, 0.717) is 0 Å². The predicted octanol–water partition coefficient (Wildman–Crippen LogP) is 1.69. The lowest BCUT2D eigenvalue weighted by Crippen LogP contribution is -2.41.